The van der Waals surface area contributed by atoms with Crippen LogP contribution in [0.25, 0.3) is 22.0 Å². The zero-order valence-corrected chi connectivity index (χ0v) is 19.5. The number of hydrogen-bond acceptors (Lipinski definition) is 5. The van der Waals surface area contributed by atoms with Crippen LogP contribution in [0.15, 0.2) is 77.9 Å². The maximum absolute atomic E-state index is 13.0. The Labute approximate surface area is 198 Å². The Kier molecular flexibility index (Phi) is 6.92. The highest BCUT2D eigenvalue weighted by atomic mass is 16.5. The van der Waals surface area contributed by atoms with Gasteiger partial charge in [0, 0.05) is 31.6 Å². The highest BCUT2D eigenvalue weighted by molar-refractivity contribution is 5.97. The molecule has 7 heteroatoms. The van der Waals surface area contributed by atoms with Gasteiger partial charge in [-0.05, 0) is 24.1 Å². The summed E-state index contributed by atoms with van der Waals surface area (Å²) in [7, 11) is 4.85. The van der Waals surface area contributed by atoms with Crippen molar-refractivity contribution < 1.29 is 14.3 Å². The number of nitrogens with zero attached hydrogens (tertiary/aromatic N) is 3. The molecular weight excluding hydrogens is 430 g/mol. The van der Waals surface area contributed by atoms with Crippen molar-refractivity contribution in [3.63, 3.8) is 0 Å². The fourth-order valence-electron chi connectivity index (χ4n) is 3.98. The second kappa shape index (κ2) is 10.2. The average Bonchev–Trinajstić information content (AvgIpc) is 2.89. The molecule has 0 radical (unpaired) electrons. The molecule has 0 aliphatic heterocycles. The molecule has 1 aromatic heterocycles. The Balaban J connectivity index is 1.47. The number of ether oxygens (including phenoxy) is 2. The molecule has 174 valence electrons. The van der Waals surface area contributed by atoms with E-state index in [1.54, 1.807) is 24.1 Å². The van der Waals surface area contributed by atoms with E-state index in [4.69, 9.17) is 9.47 Å². The SMILES string of the molecule is COc1cc2ncn(CCCC(=O)N(C)c3ccccc3-c3ccccc3)c(=O)c2cc1OC. The van der Waals surface area contributed by atoms with Crippen LogP contribution in [-0.4, -0.2) is 36.7 Å². The number of carbonyl (C=O) groups is 1. The number of rotatable bonds is 8. The number of aromatic nitrogens is 2. The van der Waals surface area contributed by atoms with E-state index < -0.39 is 0 Å². The summed E-state index contributed by atoms with van der Waals surface area (Å²) in [5.74, 6) is 0.973. The molecule has 0 N–H and O–H groups in total. The van der Waals surface area contributed by atoms with Gasteiger partial charge in [-0.25, -0.2) is 4.98 Å². The maximum Gasteiger partial charge on any atom is 0.261 e. The fourth-order valence-corrected chi connectivity index (χ4v) is 3.98. The van der Waals surface area contributed by atoms with E-state index in [2.05, 4.69) is 4.98 Å². The molecule has 0 atom stereocenters. The number of fused-ring (bicyclic) bond motifs is 1. The number of para-hydroxylation sites is 1. The summed E-state index contributed by atoms with van der Waals surface area (Å²) in [5, 5.41) is 0.445. The lowest BCUT2D eigenvalue weighted by Gasteiger charge is -2.21. The van der Waals surface area contributed by atoms with Crippen LogP contribution in [-0.2, 0) is 11.3 Å². The third kappa shape index (κ3) is 4.64. The zero-order valence-electron chi connectivity index (χ0n) is 19.5. The first kappa shape index (κ1) is 23.0. The number of hydrogen-bond donors (Lipinski definition) is 0. The molecule has 3 aromatic carbocycles. The van der Waals surface area contributed by atoms with Crippen LogP contribution in [0, 0.1) is 0 Å². The van der Waals surface area contributed by atoms with Gasteiger partial charge >= 0.3 is 0 Å². The van der Waals surface area contributed by atoms with Gasteiger partial charge in [-0.3, -0.25) is 14.2 Å². The molecule has 7 nitrogen and oxygen atoms in total. The van der Waals surface area contributed by atoms with E-state index in [-0.39, 0.29) is 11.5 Å². The van der Waals surface area contributed by atoms with E-state index in [0.717, 1.165) is 16.8 Å². The van der Waals surface area contributed by atoms with Gasteiger partial charge in [0.15, 0.2) is 11.5 Å². The number of amides is 1. The van der Waals surface area contributed by atoms with Crippen LogP contribution < -0.4 is 19.9 Å². The smallest absolute Gasteiger partial charge is 0.261 e. The van der Waals surface area contributed by atoms with Crippen LogP contribution in [0.1, 0.15) is 12.8 Å². The number of benzene rings is 3. The van der Waals surface area contributed by atoms with Gasteiger partial charge < -0.3 is 14.4 Å². The number of carbonyl (C=O) groups excluding carboxylic acids is 1. The standard InChI is InChI=1S/C27H27N3O4/c1-29(23-13-8-7-12-20(23)19-10-5-4-6-11-19)26(31)14-9-15-30-18-28-22-17-25(34-3)24(33-2)16-21(22)27(30)32/h4-8,10-13,16-18H,9,14-15H2,1-3H3. The Morgan fingerprint density at radius 2 is 1.65 bits per heavy atom. The maximum atomic E-state index is 13.0. The summed E-state index contributed by atoms with van der Waals surface area (Å²) in [6.07, 6.45) is 2.32. The van der Waals surface area contributed by atoms with Crippen molar-refractivity contribution in [1.82, 2.24) is 9.55 Å². The molecule has 0 unspecified atom stereocenters. The molecule has 1 amide bonds. The quantitative estimate of drug-likeness (QED) is 0.389. The molecule has 4 rings (SSSR count). The van der Waals surface area contributed by atoms with E-state index in [1.807, 2.05) is 54.6 Å². The summed E-state index contributed by atoms with van der Waals surface area (Å²) in [6.45, 7) is 0.385. The van der Waals surface area contributed by atoms with Crippen molar-refractivity contribution in [3.05, 3.63) is 83.4 Å². The molecule has 0 fully saturated rings. The van der Waals surface area contributed by atoms with Gasteiger partial charge in [0.1, 0.15) is 0 Å². The number of methoxy groups -OCH3 is 2. The molecule has 0 saturated heterocycles. The summed E-state index contributed by atoms with van der Waals surface area (Å²) in [6, 6.07) is 21.2. The fraction of sp³-hybridized carbons (Fsp3) is 0.222. The Bertz CT molecular complexity index is 1370. The average molecular weight is 458 g/mol. The molecule has 0 aliphatic rings. The highest BCUT2D eigenvalue weighted by Crippen LogP contribution is 2.31. The largest absolute Gasteiger partial charge is 0.493 e. The summed E-state index contributed by atoms with van der Waals surface area (Å²) >= 11 is 0. The van der Waals surface area contributed by atoms with E-state index >= 15 is 0 Å². The van der Waals surface area contributed by atoms with Crippen LogP contribution in [0.2, 0.25) is 0 Å². The molecule has 4 aromatic rings. The topological polar surface area (TPSA) is 73.7 Å². The normalized spacial score (nSPS) is 10.8. The van der Waals surface area contributed by atoms with E-state index in [1.165, 1.54) is 25.1 Å². The Hall–Kier alpha value is -4.13. The summed E-state index contributed by atoms with van der Waals surface area (Å²) in [5.41, 5.74) is 3.26. The van der Waals surface area contributed by atoms with Gasteiger partial charge in [-0.15, -0.1) is 0 Å². The van der Waals surface area contributed by atoms with Crippen molar-refractivity contribution in [2.24, 2.45) is 0 Å². The van der Waals surface area contributed by atoms with Crippen LogP contribution >= 0.6 is 0 Å². The first-order valence-corrected chi connectivity index (χ1v) is 11.1. The minimum Gasteiger partial charge on any atom is -0.493 e. The lowest BCUT2D eigenvalue weighted by atomic mass is 10.0. The van der Waals surface area contributed by atoms with Gasteiger partial charge in [0.05, 0.1) is 37.1 Å². The van der Waals surface area contributed by atoms with Gasteiger partial charge in [-0.1, -0.05) is 48.5 Å². The van der Waals surface area contributed by atoms with E-state index in [9.17, 15) is 9.59 Å². The first-order valence-electron chi connectivity index (χ1n) is 11.1. The van der Waals surface area contributed by atoms with Crippen LogP contribution in [0.3, 0.4) is 0 Å². The van der Waals surface area contributed by atoms with Crippen molar-refractivity contribution >= 4 is 22.5 Å². The second-order valence-electron chi connectivity index (χ2n) is 7.91. The van der Waals surface area contributed by atoms with Crippen molar-refractivity contribution in [2.75, 3.05) is 26.2 Å². The molecule has 0 aliphatic carbocycles. The third-order valence-corrected chi connectivity index (χ3v) is 5.84. The Morgan fingerprint density at radius 1 is 0.971 bits per heavy atom. The number of aryl methyl sites for hydroxylation is 1. The third-order valence-electron chi connectivity index (χ3n) is 5.84. The Morgan fingerprint density at radius 3 is 2.38 bits per heavy atom. The van der Waals surface area contributed by atoms with Crippen molar-refractivity contribution in [1.29, 1.82) is 0 Å². The molecular formula is C27H27N3O4. The molecule has 0 saturated carbocycles. The lowest BCUT2D eigenvalue weighted by molar-refractivity contribution is -0.118. The minimum atomic E-state index is -0.179. The number of anilines is 1. The van der Waals surface area contributed by atoms with Gasteiger partial charge in [-0.2, -0.15) is 0 Å². The monoisotopic (exact) mass is 457 g/mol. The van der Waals surface area contributed by atoms with Crippen molar-refractivity contribution in [2.45, 2.75) is 19.4 Å². The zero-order chi connectivity index (χ0) is 24.1. The predicted octanol–water partition coefficient (Wildman–Crippen LogP) is 4.52. The van der Waals surface area contributed by atoms with Gasteiger partial charge in [0.25, 0.3) is 5.56 Å². The highest BCUT2D eigenvalue weighted by Gasteiger charge is 2.16. The van der Waals surface area contributed by atoms with E-state index in [0.29, 0.717) is 41.8 Å². The predicted molar refractivity (Wildman–Crippen MR) is 134 cm³/mol. The molecule has 0 bridgehead atoms. The van der Waals surface area contributed by atoms with Crippen molar-refractivity contribution in [3.8, 4) is 22.6 Å². The second-order valence-corrected chi connectivity index (χ2v) is 7.91. The minimum absolute atomic E-state index is 0.0171. The van der Waals surface area contributed by atoms with Crippen LogP contribution in [0.4, 0.5) is 5.69 Å². The van der Waals surface area contributed by atoms with Crippen LogP contribution in [0.5, 0.6) is 11.5 Å². The molecule has 0 spiro atoms. The molecule has 34 heavy (non-hydrogen) atoms. The summed E-state index contributed by atoms with van der Waals surface area (Å²) in [4.78, 5) is 32.0. The van der Waals surface area contributed by atoms with Gasteiger partial charge in [0.2, 0.25) is 5.91 Å². The molecule has 1 heterocycles. The lowest BCUT2D eigenvalue weighted by Crippen LogP contribution is -2.27. The first-order chi connectivity index (χ1) is 16.5. The summed E-state index contributed by atoms with van der Waals surface area (Å²) < 4.78 is 12.1.